The molecule has 2 aromatic carbocycles. The van der Waals surface area contributed by atoms with E-state index in [-0.39, 0.29) is 11.3 Å². The van der Waals surface area contributed by atoms with Crippen LogP contribution >= 0.6 is 15.9 Å². The molecular formula is C15H11BrN2O6. The van der Waals surface area contributed by atoms with Gasteiger partial charge in [-0.15, -0.1) is 0 Å². The minimum atomic E-state index is -1.26. The molecule has 0 bridgehead atoms. The van der Waals surface area contributed by atoms with Gasteiger partial charge in [0.2, 0.25) is 0 Å². The molecule has 0 atom stereocenters. The number of carboxylic acids is 1. The number of nitrogens with zero attached hydrogens (tertiary/aromatic N) is 1. The number of hydrogen-bond acceptors (Lipinski definition) is 5. The molecule has 24 heavy (non-hydrogen) atoms. The Morgan fingerprint density at radius 2 is 1.88 bits per heavy atom. The van der Waals surface area contributed by atoms with Gasteiger partial charge in [-0.05, 0) is 30.3 Å². The molecular weight excluding hydrogens is 384 g/mol. The third-order valence-electron chi connectivity index (χ3n) is 2.89. The quantitative estimate of drug-likeness (QED) is 0.573. The molecule has 124 valence electrons. The number of carboxylic acid groups (broad SMARTS) is 1. The Morgan fingerprint density at radius 1 is 1.21 bits per heavy atom. The van der Waals surface area contributed by atoms with Crippen LogP contribution < -0.4 is 10.1 Å². The van der Waals surface area contributed by atoms with E-state index in [1.807, 2.05) is 0 Å². The van der Waals surface area contributed by atoms with Gasteiger partial charge in [-0.1, -0.05) is 15.9 Å². The number of amides is 1. The van der Waals surface area contributed by atoms with E-state index in [2.05, 4.69) is 21.2 Å². The monoisotopic (exact) mass is 394 g/mol. The third-order valence-corrected chi connectivity index (χ3v) is 3.42. The Labute approximate surface area is 144 Å². The molecule has 0 unspecified atom stereocenters. The smallest absolute Gasteiger partial charge is 0.335 e. The van der Waals surface area contributed by atoms with Crippen LogP contribution in [-0.2, 0) is 4.79 Å². The Morgan fingerprint density at radius 3 is 2.46 bits per heavy atom. The minimum absolute atomic E-state index is 0.177. The van der Waals surface area contributed by atoms with Crippen LogP contribution in [0, 0.1) is 10.1 Å². The van der Waals surface area contributed by atoms with Crippen molar-refractivity contribution in [3.8, 4) is 5.75 Å². The average Bonchev–Trinajstić information content (AvgIpc) is 2.54. The summed E-state index contributed by atoms with van der Waals surface area (Å²) in [6.45, 7) is -0.500. The number of rotatable bonds is 6. The second-order valence-corrected chi connectivity index (χ2v) is 5.50. The second kappa shape index (κ2) is 7.55. The van der Waals surface area contributed by atoms with Gasteiger partial charge in [0.05, 0.1) is 10.5 Å². The van der Waals surface area contributed by atoms with Gasteiger partial charge in [0.15, 0.2) is 12.4 Å². The number of carbonyl (C=O) groups is 2. The zero-order valence-corrected chi connectivity index (χ0v) is 13.6. The summed E-state index contributed by atoms with van der Waals surface area (Å²) in [6.07, 6.45) is 0. The summed E-state index contributed by atoms with van der Waals surface area (Å²) in [5.41, 5.74) is -0.0686. The molecule has 0 saturated carbocycles. The lowest BCUT2D eigenvalue weighted by atomic mass is 10.2. The van der Waals surface area contributed by atoms with Gasteiger partial charge < -0.3 is 15.2 Å². The van der Waals surface area contributed by atoms with Crippen molar-refractivity contribution in [2.75, 3.05) is 11.9 Å². The first-order valence-corrected chi connectivity index (χ1v) is 7.36. The summed E-state index contributed by atoms with van der Waals surface area (Å²) in [7, 11) is 0. The van der Waals surface area contributed by atoms with Gasteiger partial charge in [-0.3, -0.25) is 14.9 Å². The first-order valence-electron chi connectivity index (χ1n) is 6.57. The van der Waals surface area contributed by atoms with Crippen LogP contribution in [-0.4, -0.2) is 28.5 Å². The van der Waals surface area contributed by atoms with Crippen LogP contribution in [0.5, 0.6) is 5.75 Å². The predicted molar refractivity (Wildman–Crippen MR) is 88.3 cm³/mol. The van der Waals surface area contributed by atoms with Gasteiger partial charge in [0.1, 0.15) is 0 Å². The predicted octanol–water partition coefficient (Wildman–Crippen LogP) is 3.07. The molecule has 0 saturated heterocycles. The van der Waals surface area contributed by atoms with E-state index < -0.39 is 29.1 Å². The zero-order chi connectivity index (χ0) is 17.7. The van der Waals surface area contributed by atoms with E-state index in [4.69, 9.17) is 9.84 Å². The van der Waals surface area contributed by atoms with E-state index in [1.54, 1.807) is 24.3 Å². The maximum Gasteiger partial charge on any atom is 0.335 e. The fraction of sp³-hybridized carbons (Fsp3) is 0.0667. The van der Waals surface area contributed by atoms with Crippen molar-refractivity contribution in [2.24, 2.45) is 0 Å². The molecule has 0 fully saturated rings. The first kappa shape index (κ1) is 17.4. The van der Waals surface area contributed by atoms with E-state index in [1.165, 1.54) is 0 Å². The first-order chi connectivity index (χ1) is 11.4. The zero-order valence-electron chi connectivity index (χ0n) is 12.1. The summed E-state index contributed by atoms with van der Waals surface area (Å²) in [5.74, 6) is -2.08. The van der Waals surface area contributed by atoms with Crippen LogP contribution in [0.1, 0.15) is 10.4 Å². The standard InChI is InChI=1S/C15H11BrN2O6/c16-10-2-4-11(5-3-10)17-14(19)8-24-13-7-9(15(20)21)1-6-12(13)18(22)23/h1-7H,8H2,(H,17,19)(H,20,21). The lowest BCUT2D eigenvalue weighted by molar-refractivity contribution is -0.385. The summed E-state index contributed by atoms with van der Waals surface area (Å²) >= 11 is 3.26. The SMILES string of the molecule is O=C(COc1cc(C(=O)O)ccc1[N+](=O)[O-])Nc1ccc(Br)cc1. The lowest BCUT2D eigenvalue weighted by Crippen LogP contribution is -2.20. The van der Waals surface area contributed by atoms with Crippen molar-refractivity contribution in [1.29, 1.82) is 0 Å². The minimum Gasteiger partial charge on any atom is -0.478 e. The maximum absolute atomic E-state index is 11.8. The van der Waals surface area contributed by atoms with E-state index in [0.717, 1.165) is 22.7 Å². The Balaban J connectivity index is 2.08. The van der Waals surface area contributed by atoms with Crippen LogP contribution in [0.15, 0.2) is 46.9 Å². The molecule has 0 spiro atoms. The van der Waals surface area contributed by atoms with Crippen molar-refractivity contribution >= 4 is 39.2 Å². The molecule has 9 heteroatoms. The normalized spacial score (nSPS) is 10.0. The van der Waals surface area contributed by atoms with Crippen molar-refractivity contribution in [3.05, 3.63) is 62.6 Å². The Bertz CT molecular complexity index is 791. The third kappa shape index (κ3) is 4.53. The molecule has 0 aromatic heterocycles. The Kier molecular flexibility index (Phi) is 5.48. The highest BCUT2D eigenvalue weighted by Crippen LogP contribution is 2.28. The van der Waals surface area contributed by atoms with Gasteiger partial charge in [-0.25, -0.2) is 4.79 Å². The van der Waals surface area contributed by atoms with Gasteiger partial charge in [0.25, 0.3) is 5.91 Å². The number of halogens is 1. The molecule has 2 aromatic rings. The van der Waals surface area contributed by atoms with Crippen molar-refractivity contribution in [3.63, 3.8) is 0 Å². The van der Waals surface area contributed by atoms with Gasteiger partial charge in [-0.2, -0.15) is 0 Å². The molecule has 0 heterocycles. The molecule has 0 aliphatic rings. The number of nitro benzene ring substituents is 1. The molecule has 2 N–H and O–H groups in total. The number of carbonyl (C=O) groups excluding carboxylic acids is 1. The maximum atomic E-state index is 11.8. The van der Waals surface area contributed by atoms with Crippen LogP contribution in [0.4, 0.5) is 11.4 Å². The lowest BCUT2D eigenvalue weighted by Gasteiger charge is -2.08. The second-order valence-electron chi connectivity index (χ2n) is 4.59. The number of ether oxygens (including phenoxy) is 1. The van der Waals surface area contributed by atoms with Crippen molar-refractivity contribution < 1.29 is 24.4 Å². The summed E-state index contributed by atoms with van der Waals surface area (Å²) in [5, 5.41) is 22.4. The average molecular weight is 395 g/mol. The highest BCUT2D eigenvalue weighted by molar-refractivity contribution is 9.10. The van der Waals surface area contributed by atoms with E-state index in [0.29, 0.717) is 5.69 Å². The van der Waals surface area contributed by atoms with Crippen LogP contribution in [0.2, 0.25) is 0 Å². The number of aromatic carboxylic acids is 1. The fourth-order valence-electron chi connectivity index (χ4n) is 1.79. The number of nitrogens with one attached hydrogen (secondary N) is 1. The summed E-state index contributed by atoms with van der Waals surface area (Å²) in [6, 6.07) is 9.91. The topological polar surface area (TPSA) is 119 Å². The number of hydrogen-bond donors (Lipinski definition) is 2. The fourth-order valence-corrected chi connectivity index (χ4v) is 2.05. The summed E-state index contributed by atoms with van der Waals surface area (Å²) in [4.78, 5) is 33.0. The van der Waals surface area contributed by atoms with Crippen LogP contribution in [0.3, 0.4) is 0 Å². The largest absolute Gasteiger partial charge is 0.478 e. The highest BCUT2D eigenvalue weighted by atomic mass is 79.9. The van der Waals surface area contributed by atoms with Gasteiger partial charge in [0, 0.05) is 22.3 Å². The molecule has 2 rings (SSSR count). The Hall–Kier alpha value is -2.94. The highest BCUT2D eigenvalue weighted by Gasteiger charge is 2.19. The summed E-state index contributed by atoms with van der Waals surface area (Å²) < 4.78 is 5.97. The van der Waals surface area contributed by atoms with E-state index in [9.17, 15) is 19.7 Å². The van der Waals surface area contributed by atoms with Crippen molar-refractivity contribution in [2.45, 2.75) is 0 Å². The molecule has 8 nitrogen and oxygen atoms in total. The van der Waals surface area contributed by atoms with Gasteiger partial charge >= 0.3 is 11.7 Å². The molecule has 1 amide bonds. The van der Waals surface area contributed by atoms with E-state index >= 15 is 0 Å². The number of benzene rings is 2. The molecule has 0 aliphatic carbocycles. The molecule has 0 radical (unpaired) electrons. The molecule has 0 aliphatic heterocycles. The van der Waals surface area contributed by atoms with Crippen molar-refractivity contribution in [1.82, 2.24) is 0 Å². The number of anilines is 1. The number of nitro groups is 1. The van der Waals surface area contributed by atoms with Crippen LogP contribution in [0.25, 0.3) is 0 Å².